The van der Waals surface area contributed by atoms with Crippen LogP contribution in [0.15, 0.2) is 0 Å². The third kappa shape index (κ3) is 3.77. The Hall–Kier alpha value is -0.570. The normalized spacial score (nSPS) is 21.5. The van der Waals surface area contributed by atoms with Gasteiger partial charge in [0, 0.05) is 7.11 Å². The van der Waals surface area contributed by atoms with Crippen LogP contribution < -0.4 is 0 Å². The van der Waals surface area contributed by atoms with E-state index in [1.807, 2.05) is 7.11 Å². The fourth-order valence-electron chi connectivity index (χ4n) is 1.87. The van der Waals surface area contributed by atoms with E-state index in [1.165, 1.54) is 25.7 Å². The molecule has 0 heterocycles. The fraction of sp³-hybridized carbons (Fsp3) is 0.900. The van der Waals surface area contributed by atoms with Crippen molar-refractivity contribution in [3.05, 3.63) is 0 Å². The van der Waals surface area contributed by atoms with E-state index in [-0.39, 0.29) is 6.47 Å². The van der Waals surface area contributed by atoms with Crippen LogP contribution in [-0.2, 0) is 9.53 Å². The smallest absolute Gasteiger partial charge is 0.290 e. The molecule has 0 aromatic heterocycles. The second-order valence-electron chi connectivity index (χ2n) is 3.84. The summed E-state index contributed by atoms with van der Waals surface area (Å²) in [5, 5.41) is 6.89. The highest BCUT2D eigenvalue weighted by atomic mass is 16.5. The SMILES string of the molecule is COC(C)C1(C)CCCC1.O=CO. The lowest BCUT2D eigenvalue weighted by Gasteiger charge is -2.29. The van der Waals surface area contributed by atoms with Crippen LogP contribution in [0, 0.1) is 5.41 Å². The number of carbonyl (C=O) groups is 1. The van der Waals surface area contributed by atoms with Crippen molar-refractivity contribution in [2.24, 2.45) is 5.41 Å². The highest BCUT2D eigenvalue weighted by Gasteiger charge is 2.34. The summed E-state index contributed by atoms with van der Waals surface area (Å²) in [6.07, 6.45) is 5.92. The lowest BCUT2D eigenvalue weighted by molar-refractivity contribution is -0.122. The maximum Gasteiger partial charge on any atom is 0.290 e. The summed E-state index contributed by atoms with van der Waals surface area (Å²) < 4.78 is 5.34. The summed E-state index contributed by atoms with van der Waals surface area (Å²) in [5.41, 5.74) is 0.481. The zero-order valence-corrected chi connectivity index (χ0v) is 8.75. The maximum absolute atomic E-state index is 8.36. The Kier molecular flexibility index (Phi) is 5.71. The van der Waals surface area contributed by atoms with E-state index in [2.05, 4.69) is 13.8 Å². The van der Waals surface area contributed by atoms with Gasteiger partial charge >= 0.3 is 0 Å². The van der Waals surface area contributed by atoms with Crippen molar-refractivity contribution in [1.29, 1.82) is 0 Å². The maximum atomic E-state index is 8.36. The standard InChI is InChI=1S/C9H18O.CH2O2/c1-8(10-3)9(2)6-4-5-7-9;2-1-3/h8H,4-7H2,1-3H3;1H,(H,2,3). The lowest BCUT2D eigenvalue weighted by Crippen LogP contribution is -2.28. The lowest BCUT2D eigenvalue weighted by atomic mass is 9.83. The Morgan fingerprint density at radius 2 is 1.85 bits per heavy atom. The molecular weight excluding hydrogens is 168 g/mol. The summed E-state index contributed by atoms with van der Waals surface area (Å²) in [6, 6.07) is 0. The first-order chi connectivity index (χ1) is 6.10. The molecule has 0 saturated heterocycles. The Labute approximate surface area is 80.1 Å². The molecule has 0 bridgehead atoms. The molecule has 0 aliphatic heterocycles. The van der Waals surface area contributed by atoms with E-state index >= 15 is 0 Å². The molecule has 1 atom stereocenters. The van der Waals surface area contributed by atoms with Crippen LogP contribution in [0.1, 0.15) is 39.5 Å². The third-order valence-electron chi connectivity index (χ3n) is 3.08. The molecule has 1 saturated carbocycles. The minimum Gasteiger partial charge on any atom is -0.483 e. The van der Waals surface area contributed by atoms with Gasteiger partial charge in [-0.05, 0) is 25.2 Å². The van der Waals surface area contributed by atoms with Crippen molar-refractivity contribution in [3.8, 4) is 0 Å². The average molecular weight is 188 g/mol. The summed E-state index contributed by atoms with van der Waals surface area (Å²) >= 11 is 0. The molecule has 0 radical (unpaired) electrons. The van der Waals surface area contributed by atoms with Gasteiger partial charge in [-0.2, -0.15) is 0 Å². The summed E-state index contributed by atoms with van der Waals surface area (Å²) in [5.74, 6) is 0. The van der Waals surface area contributed by atoms with E-state index in [0.717, 1.165) is 0 Å². The second-order valence-corrected chi connectivity index (χ2v) is 3.84. The van der Waals surface area contributed by atoms with Gasteiger partial charge in [-0.1, -0.05) is 19.8 Å². The van der Waals surface area contributed by atoms with Crippen molar-refractivity contribution >= 4 is 6.47 Å². The van der Waals surface area contributed by atoms with E-state index < -0.39 is 0 Å². The number of carboxylic acid groups (broad SMARTS) is 1. The van der Waals surface area contributed by atoms with Gasteiger partial charge < -0.3 is 9.84 Å². The Bertz CT molecular complexity index is 139. The molecule has 1 fully saturated rings. The van der Waals surface area contributed by atoms with E-state index in [0.29, 0.717) is 11.5 Å². The van der Waals surface area contributed by atoms with E-state index in [4.69, 9.17) is 14.6 Å². The molecule has 1 rings (SSSR count). The third-order valence-corrected chi connectivity index (χ3v) is 3.08. The molecule has 3 heteroatoms. The van der Waals surface area contributed by atoms with Crippen molar-refractivity contribution in [2.45, 2.75) is 45.6 Å². The summed E-state index contributed by atoms with van der Waals surface area (Å²) in [6.45, 7) is 4.28. The molecular formula is C10H20O3. The van der Waals surface area contributed by atoms with Gasteiger partial charge in [0.2, 0.25) is 0 Å². The molecule has 0 aromatic rings. The summed E-state index contributed by atoms with van der Waals surface area (Å²) in [4.78, 5) is 8.36. The minimum absolute atomic E-state index is 0.250. The molecule has 78 valence electrons. The molecule has 13 heavy (non-hydrogen) atoms. The van der Waals surface area contributed by atoms with Gasteiger partial charge in [-0.15, -0.1) is 0 Å². The molecule has 3 nitrogen and oxygen atoms in total. The first-order valence-corrected chi connectivity index (χ1v) is 4.71. The molecule has 1 aliphatic rings. The number of methoxy groups -OCH3 is 1. The Morgan fingerprint density at radius 1 is 1.46 bits per heavy atom. The van der Waals surface area contributed by atoms with Gasteiger partial charge in [-0.25, -0.2) is 0 Å². The van der Waals surface area contributed by atoms with Crippen LogP contribution in [0.25, 0.3) is 0 Å². The molecule has 1 unspecified atom stereocenters. The van der Waals surface area contributed by atoms with Crippen LogP contribution in [0.3, 0.4) is 0 Å². The number of rotatable bonds is 2. The number of ether oxygens (including phenoxy) is 1. The second kappa shape index (κ2) is 5.97. The van der Waals surface area contributed by atoms with E-state index in [1.54, 1.807) is 0 Å². The first kappa shape index (κ1) is 12.4. The average Bonchev–Trinajstić information content (AvgIpc) is 2.53. The quantitative estimate of drug-likeness (QED) is 0.676. The minimum atomic E-state index is -0.250. The van der Waals surface area contributed by atoms with Gasteiger partial charge in [-0.3, -0.25) is 4.79 Å². The Morgan fingerprint density at radius 3 is 2.15 bits per heavy atom. The topological polar surface area (TPSA) is 46.5 Å². The first-order valence-electron chi connectivity index (χ1n) is 4.71. The van der Waals surface area contributed by atoms with Crippen LogP contribution in [-0.4, -0.2) is 24.8 Å². The highest BCUT2D eigenvalue weighted by Crippen LogP contribution is 2.41. The van der Waals surface area contributed by atoms with Crippen molar-refractivity contribution in [1.82, 2.24) is 0 Å². The van der Waals surface area contributed by atoms with Gasteiger partial charge in [0.05, 0.1) is 6.10 Å². The zero-order chi connectivity index (χ0) is 10.3. The highest BCUT2D eigenvalue weighted by molar-refractivity contribution is 5.32. The van der Waals surface area contributed by atoms with Crippen molar-refractivity contribution < 1.29 is 14.6 Å². The molecule has 1 aliphatic carbocycles. The Balaban J connectivity index is 0.000000424. The fourth-order valence-corrected chi connectivity index (χ4v) is 1.87. The molecule has 1 N–H and O–H groups in total. The van der Waals surface area contributed by atoms with Crippen LogP contribution in [0.2, 0.25) is 0 Å². The van der Waals surface area contributed by atoms with Gasteiger partial charge in [0.15, 0.2) is 0 Å². The van der Waals surface area contributed by atoms with Crippen molar-refractivity contribution in [2.75, 3.05) is 7.11 Å². The monoisotopic (exact) mass is 188 g/mol. The predicted molar refractivity (Wildman–Crippen MR) is 51.7 cm³/mol. The largest absolute Gasteiger partial charge is 0.483 e. The number of hydrogen-bond donors (Lipinski definition) is 1. The molecule has 0 aromatic carbocycles. The molecule has 0 amide bonds. The molecule has 0 spiro atoms. The number of hydrogen-bond acceptors (Lipinski definition) is 2. The predicted octanol–water partition coefficient (Wildman–Crippen LogP) is 2.30. The van der Waals surface area contributed by atoms with Crippen LogP contribution in [0.5, 0.6) is 0 Å². The zero-order valence-electron chi connectivity index (χ0n) is 8.75. The van der Waals surface area contributed by atoms with Crippen LogP contribution >= 0.6 is 0 Å². The van der Waals surface area contributed by atoms with Gasteiger partial charge in [0.25, 0.3) is 6.47 Å². The van der Waals surface area contributed by atoms with Gasteiger partial charge in [0.1, 0.15) is 0 Å². The van der Waals surface area contributed by atoms with E-state index in [9.17, 15) is 0 Å². The summed E-state index contributed by atoms with van der Waals surface area (Å²) in [7, 11) is 1.81. The van der Waals surface area contributed by atoms with Crippen molar-refractivity contribution in [3.63, 3.8) is 0 Å². The van der Waals surface area contributed by atoms with Crippen LogP contribution in [0.4, 0.5) is 0 Å².